The third-order valence-electron chi connectivity index (χ3n) is 2.44. The highest BCUT2D eigenvalue weighted by Gasteiger charge is 2.12. The molecule has 1 aromatic rings. The summed E-state index contributed by atoms with van der Waals surface area (Å²) in [5, 5.41) is 2.90. The molecule has 2 heteroatoms. The van der Waals surface area contributed by atoms with Crippen LogP contribution in [0.3, 0.4) is 0 Å². The Bertz CT molecular complexity index is 346. The van der Waals surface area contributed by atoms with E-state index in [9.17, 15) is 4.79 Å². The molecule has 0 atom stereocenters. The van der Waals surface area contributed by atoms with Crippen LogP contribution >= 0.6 is 0 Å². The molecule has 0 aliphatic carbocycles. The minimum atomic E-state index is 0.0961. The van der Waals surface area contributed by atoms with Crippen molar-refractivity contribution in [3.05, 3.63) is 29.8 Å². The number of carbonyl (C=O) groups is 1. The number of aryl methyl sites for hydroxylation is 1. The van der Waals surface area contributed by atoms with Gasteiger partial charge in [0.1, 0.15) is 0 Å². The summed E-state index contributed by atoms with van der Waals surface area (Å²) in [6, 6.07) is 7.87. The maximum absolute atomic E-state index is 11.6. The summed E-state index contributed by atoms with van der Waals surface area (Å²) < 4.78 is 0. The van der Waals surface area contributed by atoms with Crippen LogP contribution in [0.15, 0.2) is 24.3 Å². The lowest BCUT2D eigenvalue weighted by molar-refractivity contribution is -0.116. The molecular weight excluding hydrogens is 198 g/mol. The van der Waals surface area contributed by atoms with Crippen LogP contribution in [0.5, 0.6) is 0 Å². The van der Waals surface area contributed by atoms with E-state index in [0.717, 1.165) is 12.1 Å². The second-order valence-electron chi connectivity index (χ2n) is 5.47. The van der Waals surface area contributed by atoms with Crippen molar-refractivity contribution in [3.8, 4) is 0 Å². The molecule has 2 nitrogen and oxygen atoms in total. The number of carbonyl (C=O) groups excluding carboxylic acids is 1. The van der Waals surface area contributed by atoms with Crippen LogP contribution in [0.1, 0.15) is 39.2 Å². The SMILES string of the molecule is Cc1ccc(NC(=O)CCC(C)(C)C)cc1. The molecule has 0 heterocycles. The smallest absolute Gasteiger partial charge is 0.224 e. The summed E-state index contributed by atoms with van der Waals surface area (Å²) in [4.78, 5) is 11.6. The average Bonchev–Trinajstić information content (AvgIpc) is 2.18. The summed E-state index contributed by atoms with van der Waals surface area (Å²) in [5.74, 6) is 0.0961. The van der Waals surface area contributed by atoms with Gasteiger partial charge in [-0.2, -0.15) is 0 Å². The molecule has 0 aliphatic heterocycles. The third-order valence-corrected chi connectivity index (χ3v) is 2.44. The van der Waals surface area contributed by atoms with Crippen LogP contribution in [-0.4, -0.2) is 5.91 Å². The second-order valence-corrected chi connectivity index (χ2v) is 5.47. The van der Waals surface area contributed by atoms with E-state index in [0.29, 0.717) is 6.42 Å². The summed E-state index contributed by atoms with van der Waals surface area (Å²) in [6.07, 6.45) is 1.49. The van der Waals surface area contributed by atoms with E-state index in [2.05, 4.69) is 26.1 Å². The normalized spacial score (nSPS) is 11.2. The highest BCUT2D eigenvalue weighted by Crippen LogP contribution is 2.20. The molecule has 1 amide bonds. The maximum Gasteiger partial charge on any atom is 0.224 e. The maximum atomic E-state index is 11.6. The van der Waals surface area contributed by atoms with Crippen LogP contribution < -0.4 is 5.32 Å². The van der Waals surface area contributed by atoms with Crippen molar-refractivity contribution < 1.29 is 4.79 Å². The first-order valence-electron chi connectivity index (χ1n) is 5.73. The van der Waals surface area contributed by atoms with Gasteiger partial charge in [0, 0.05) is 12.1 Å². The minimum absolute atomic E-state index is 0.0961. The minimum Gasteiger partial charge on any atom is -0.326 e. The molecule has 0 saturated carbocycles. The van der Waals surface area contributed by atoms with Gasteiger partial charge in [0.25, 0.3) is 0 Å². The summed E-state index contributed by atoms with van der Waals surface area (Å²) in [6.45, 7) is 8.47. The van der Waals surface area contributed by atoms with Crippen LogP contribution in [0.2, 0.25) is 0 Å². The van der Waals surface area contributed by atoms with Crippen molar-refractivity contribution in [3.63, 3.8) is 0 Å². The van der Waals surface area contributed by atoms with Crippen molar-refractivity contribution in [1.29, 1.82) is 0 Å². The molecule has 0 spiro atoms. The zero-order valence-corrected chi connectivity index (χ0v) is 10.6. The number of hydrogen-bond acceptors (Lipinski definition) is 1. The van der Waals surface area contributed by atoms with Gasteiger partial charge in [-0.3, -0.25) is 4.79 Å². The van der Waals surface area contributed by atoms with Crippen LogP contribution in [0, 0.1) is 12.3 Å². The molecule has 0 saturated heterocycles. The summed E-state index contributed by atoms with van der Waals surface area (Å²) in [7, 11) is 0. The zero-order valence-electron chi connectivity index (χ0n) is 10.6. The van der Waals surface area contributed by atoms with E-state index in [1.807, 2.05) is 31.2 Å². The fourth-order valence-corrected chi connectivity index (χ4v) is 1.35. The van der Waals surface area contributed by atoms with Gasteiger partial charge in [-0.05, 0) is 30.9 Å². The molecule has 1 rings (SSSR count). The predicted molar refractivity (Wildman–Crippen MR) is 68.5 cm³/mol. The van der Waals surface area contributed by atoms with Gasteiger partial charge in [-0.15, -0.1) is 0 Å². The number of benzene rings is 1. The molecule has 0 radical (unpaired) electrons. The van der Waals surface area contributed by atoms with Gasteiger partial charge in [0.15, 0.2) is 0 Å². The first-order valence-corrected chi connectivity index (χ1v) is 5.73. The standard InChI is InChI=1S/C14H21NO/c1-11-5-7-12(8-6-11)15-13(16)9-10-14(2,3)4/h5-8H,9-10H2,1-4H3,(H,15,16). The monoisotopic (exact) mass is 219 g/mol. The Balaban J connectivity index is 2.43. The molecule has 0 bridgehead atoms. The third kappa shape index (κ3) is 4.96. The molecule has 0 aromatic heterocycles. The molecule has 1 aromatic carbocycles. The van der Waals surface area contributed by atoms with Gasteiger partial charge in [0.2, 0.25) is 5.91 Å². The van der Waals surface area contributed by atoms with Crippen molar-refractivity contribution in [2.24, 2.45) is 5.41 Å². The predicted octanol–water partition coefficient (Wildman–Crippen LogP) is 3.76. The number of nitrogens with one attached hydrogen (secondary N) is 1. The largest absolute Gasteiger partial charge is 0.326 e. The number of rotatable bonds is 3. The second kappa shape index (κ2) is 5.15. The Kier molecular flexibility index (Phi) is 4.11. The first kappa shape index (κ1) is 12.8. The van der Waals surface area contributed by atoms with Gasteiger partial charge in [-0.1, -0.05) is 38.5 Å². The Morgan fingerprint density at radius 2 is 1.75 bits per heavy atom. The van der Waals surface area contributed by atoms with Crippen LogP contribution in [0.4, 0.5) is 5.69 Å². The highest BCUT2D eigenvalue weighted by atomic mass is 16.1. The zero-order chi connectivity index (χ0) is 12.2. The lowest BCUT2D eigenvalue weighted by Crippen LogP contribution is -2.15. The lowest BCUT2D eigenvalue weighted by Gasteiger charge is -2.17. The van der Waals surface area contributed by atoms with E-state index in [-0.39, 0.29) is 11.3 Å². The van der Waals surface area contributed by atoms with Crippen molar-refractivity contribution >= 4 is 11.6 Å². The number of hydrogen-bond donors (Lipinski definition) is 1. The van der Waals surface area contributed by atoms with Crippen LogP contribution in [-0.2, 0) is 4.79 Å². The molecule has 0 fully saturated rings. The van der Waals surface area contributed by atoms with E-state index in [4.69, 9.17) is 0 Å². The molecular formula is C14H21NO. The Labute approximate surface area is 98.1 Å². The molecule has 0 aliphatic rings. The lowest BCUT2D eigenvalue weighted by atomic mass is 9.90. The van der Waals surface area contributed by atoms with Crippen molar-refractivity contribution in [2.45, 2.75) is 40.5 Å². The fourth-order valence-electron chi connectivity index (χ4n) is 1.35. The van der Waals surface area contributed by atoms with Crippen molar-refractivity contribution in [2.75, 3.05) is 5.32 Å². The topological polar surface area (TPSA) is 29.1 Å². The van der Waals surface area contributed by atoms with Gasteiger partial charge in [0.05, 0.1) is 0 Å². The van der Waals surface area contributed by atoms with Gasteiger partial charge >= 0.3 is 0 Å². The Hall–Kier alpha value is -1.31. The number of anilines is 1. The van der Waals surface area contributed by atoms with Crippen LogP contribution in [0.25, 0.3) is 0 Å². The Morgan fingerprint density at radius 1 is 1.19 bits per heavy atom. The van der Waals surface area contributed by atoms with Crippen molar-refractivity contribution in [1.82, 2.24) is 0 Å². The Morgan fingerprint density at radius 3 is 2.25 bits per heavy atom. The molecule has 0 unspecified atom stereocenters. The fraction of sp³-hybridized carbons (Fsp3) is 0.500. The van der Waals surface area contributed by atoms with Gasteiger partial charge in [-0.25, -0.2) is 0 Å². The molecule has 1 N–H and O–H groups in total. The molecule has 16 heavy (non-hydrogen) atoms. The van der Waals surface area contributed by atoms with E-state index in [1.165, 1.54) is 5.56 Å². The summed E-state index contributed by atoms with van der Waals surface area (Å²) >= 11 is 0. The first-order chi connectivity index (χ1) is 7.37. The van der Waals surface area contributed by atoms with Gasteiger partial charge < -0.3 is 5.32 Å². The van der Waals surface area contributed by atoms with E-state index >= 15 is 0 Å². The molecule has 88 valence electrons. The average molecular weight is 219 g/mol. The summed E-state index contributed by atoms with van der Waals surface area (Å²) in [5.41, 5.74) is 2.29. The quantitative estimate of drug-likeness (QED) is 0.824. The van der Waals surface area contributed by atoms with E-state index < -0.39 is 0 Å². The van der Waals surface area contributed by atoms with E-state index in [1.54, 1.807) is 0 Å². The number of amides is 1. The highest BCUT2D eigenvalue weighted by molar-refractivity contribution is 5.90.